The molecular weight excluding hydrogens is 412 g/mol. The predicted octanol–water partition coefficient (Wildman–Crippen LogP) is 3.76. The van der Waals surface area contributed by atoms with Crippen molar-refractivity contribution >= 4 is 29.4 Å². The third-order valence-corrected chi connectivity index (χ3v) is 7.24. The van der Waals surface area contributed by atoms with Crippen LogP contribution < -0.4 is 10.6 Å². The minimum absolute atomic E-state index is 0.177. The van der Waals surface area contributed by atoms with Gasteiger partial charge in [-0.05, 0) is 44.9 Å². The minimum Gasteiger partial charge on any atom is -0.432 e. The monoisotopic (exact) mass is 436 g/mol. The molecule has 2 bridgehead atoms. The maximum atomic E-state index is 6.50. The number of aliphatic imine (C=N–C) groups is 1. The Morgan fingerprint density at radius 1 is 1.19 bits per heavy atom. The van der Waals surface area contributed by atoms with Crippen molar-refractivity contribution in [3.8, 4) is 11.3 Å². The summed E-state index contributed by atoms with van der Waals surface area (Å²) in [7, 11) is 2.27. The van der Waals surface area contributed by atoms with Gasteiger partial charge in [0.25, 0.3) is 0 Å². The van der Waals surface area contributed by atoms with Gasteiger partial charge in [0.1, 0.15) is 12.0 Å². The molecule has 160 valence electrons. The molecule has 0 saturated carbocycles. The Labute approximate surface area is 185 Å². The SMILES string of the molecule is CN1C2CCC1CC(NC1N=CC=C(c3c(-c4ccccc4Cl)nc4occn34)N1)C2. The van der Waals surface area contributed by atoms with Gasteiger partial charge in [-0.15, -0.1) is 0 Å². The van der Waals surface area contributed by atoms with Crippen LogP contribution in [0.5, 0.6) is 0 Å². The van der Waals surface area contributed by atoms with Crippen LogP contribution in [0.4, 0.5) is 0 Å². The molecule has 31 heavy (non-hydrogen) atoms. The lowest BCUT2D eigenvalue weighted by Crippen LogP contribution is -2.53. The first-order valence-corrected chi connectivity index (χ1v) is 11.2. The third kappa shape index (κ3) is 3.28. The number of halogens is 1. The van der Waals surface area contributed by atoms with Crippen molar-refractivity contribution in [1.29, 1.82) is 0 Å². The lowest BCUT2D eigenvalue weighted by Gasteiger charge is -2.38. The highest BCUT2D eigenvalue weighted by Crippen LogP contribution is 2.36. The molecule has 0 radical (unpaired) electrons. The van der Waals surface area contributed by atoms with E-state index in [1.54, 1.807) is 6.26 Å². The lowest BCUT2D eigenvalue weighted by molar-refractivity contribution is 0.142. The molecule has 3 aliphatic rings. The molecule has 3 unspecified atom stereocenters. The van der Waals surface area contributed by atoms with E-state index in [0.717, 1.165) is 22.6 Å². The van der Waals surface area contributed by atoms with Gasteiger partial charge >= 0.3 is 5.84 Å². The number of rotatable bonds is 4. The van der Waals surface area contributed by atoms with E-state index in [1.807, 2.05) is 47.2 Å². The number of hydrogen-bond donors (Lipinski definition) is 2. The Morgan fingerprint density at radius 2 is 2.00 bits per heavy atom. The summed E-state index contributed by atoms with van der Waals surface area (Å²) < 4.78 is 7.53. The highest BCUT2D eigenvalue weighted by atomic mass is 35.5. The summed E-state index contributed by atoms with van der Waals surface area (Å²) >= 11 is 6.50. The molecule has 2 aromatic heterocycles. The Balaban J connectivity index is 1.29. The van der Waals surface area contributed by atoms with Gasteiger partial charge in [0.15, 0.2) is 6.29 Å². The number of piperidine rings is 1. The van der Waals surface area contributed by atoms with Crippen LogP contribution in [0.25, 0.3) is 22.8 Å². The summed E-state index contributed by atoms with van der Waals surface area (Å²) in [6, 6.07) is 9.59. The Bertz CT molecular complexity index is 1170. The zero-order valence-corrected chi connectivity index (χ0v) is 18.1. The molecule has 0 amide bonds. The van der Waals surface area contributed by atoms with E-state index < -0.39 is 0 Å². The second-order valence-electron chi connectivity index (χ2n) is 8.66. The highest BCUT2D eigenvalue weighted by Gasteiger charge is 2.39. The second-order valence-corrected chi connectivity index (χ2v) is 9.06. The van der Waals surface area contributed by atoms with Crippen molar-refractivity contribution in [2.24, 2.45) is 4.99 Å². The summed E-state index contributed by atoms with van der Waals surface area (Å²) in [5.74, 6) is 0.534. The standard InChI is InChI=1S/C23H25ClN6O/c1-29-15-6-7-16(29)13-14(12-15)26-22-25-9-8-19(27-22)21-20(17-4-2-3-5-18(17)24)28-23-30(21)10-11-31-23/h2-5,8-11,14-16,22,26-27H,6-7,12-13H2,1H3. The van der Waals surface area contributed by atoms with Crippen LogP contribution in [-0.2, 0) is 0 Å². The quantitative estimate of drug-likeness (QED) is 0.651. The van der Waals surface area contributed by atoms with Gasteiger partial charge in [-0.1, -0.05) is 29.8 Å². The third-order valence-electron chi connectivity index (χ3n) is 6.91. The molecule has 2 fully saturated rings. The summed E-state index contributed by atoms with van der Waals surface area (Å²) in [4.78, 5) is 11.9. The summed E-state index contributed by atoms with van der Waals surface area (Å²) in [5.41, 5.74) is 3.51. The summed E-state index contributed by atoms with van der Waals surface area (Å²) in [5, 5.41) is 7.96. The Hall–Kier alpha value is -2.61. The molecule has 2 N–H and O–H groups in total. The fraction of sp³-hybridized carbons (Fsp3) is 0.391. The molecule has 3 atom stereocenters. The number of nitrogens with one attached hydrogen (secondary N) is 2. The van der Waals surface area contributed by atoms with Crippen molar-refractivity contribution in [1.82, 2.24) is 24.9 Å². The summed E-state index contributed by atoms with van der Waals surface area (Å²) in [6.07, 6.45) is 12.1. The van der Waals surface area contributed by atoms with Gasteiger partial charge in [-0.3, -0.25) is 14.7 Å². The molecule has 3 aliphatic heterocycles. The average molecular weight is 437 g/mol. The van der Waals surface area contributed by atoms with Crippen LogP contribution in [0.1, 0.15) is 31.4 Å². The molecule has 0 spiro atoms. The first-order chi connectivity index (χ1) is 15.2. The van der Waals surface area contributed by atoms with Crippen LogP contribution in [0.15, 0.2) is 52.2 Å². The number of fused-ring (bicyclic) bond motifs is 3. The van der Waals surface area contributed by atoms with E-state index in [-0.39, 0.29) is 6.29 Å². The van der Waals surface area contributed by atoms with Gasteiger partial charge in [0.2, 0.25) is 0 Å². The van der Waals surface area contributed by atoms with Gasteiger partial charge in [0, 0.05) is 36.1 Å². The molecule has 0 aliphatic carbocycles. The van der Waals surface area contributed by atoms with Crippen molar-refractivity contribution in [3.05, 3.63) is 53.5 Å². The second kappa shape index (κ2) is 7.51. The fourth-order valence-electron chi connectivity index (χ4n) is 5.32. The van der Waals surface area contributed by atoms with Crippen LogP contribution in [0.2, 0.25) is 5.02 Å². The smallest absolute Gasteiger partial charge is 0.306 e. The first kappa shape index (κ1) is 19.1. The topological polar surface area (TPSA) is 70.1 Å². The molecule has 3 aromatic rings. The van der Waals surface area contributed by atoms with E-state index in [9.17, 15) is 0 Å². The number of benzene rings is 1. The number of allylic oxidation sites excluding steroid dienone is 1. The zero-order chi connectivity index (χ0) is 20.9. The summed E-state index contributed by atoms with van der Waals surface area (Å²) in [6.45, 7) is 0. The number of imidazole rings is 1. The van der Waals surface area contributed by atoms with Crippen LogP contribution in [-0.4, -0.2) is 52.0 Å². The number of aromatic nitrogens is 2. The predicted molar refractivity (Wildman–Crippen MR) is 122 cm³/mol. The number of oxazole rings is 1. The zero-order valence-electron chi connectivity index (χ0n) is 17.3. The molecule has 7 nitrogen and oxygen atoms in total. The Kier molecular flexibility index (Phi) is 4.63. The van der Waals surface area contributed by atoms with Crippen molar-refractivity contribution < 1.29 is 4.42 Å². The van der Waals surface area contributed by atoms with Gasteiger partial charge in [0.05, 0.1) is 16.4 Å². The van der Waals surface area contributed by atoms with Crippen LogP contribution in [0, 0.1) is 0 Å². The van der Waals surface area contributed by atoms with E-state index in [0.29, 0.717) is 29.0 Å². The normalized spacial score (nSPS) is 28.1. The van der Waals surface area contributed by atoms with Crippen molar-refractivity contribution in [2.45, 2.75) is 50.1 Å². The maximum Gasteiger partial charge on any atom is 0.306 e. The average Bonchev–Trinajstić information content (AvgIpc) is 3.40. The van der Waals surface area contributed by atoms with E-state index in [1.165, 1.54) is 25.7 Å². The highest BCUT2D eigenvalue weighted by molar-refractivity contribution is 6.33. The molecule has 6 rings (SSSR count). The van der Waals surface area contributed by atoms with E-state index in [4.69, 9.17) is 21.0 Å². The van der Waals surface area contributed by atoms with E-state index in [2.05, 4.69) is 27.6 Å². The molecule has 1 aromatic carbocycles. The Morgan fingerprint density at radius 3 is 2.81 bits per heavy atom. The van der Waals surface area contributed by atoms with Crippen LogP contribution >= 0.6 is 11.6 Å². The fourth-order valence-corrected chi connectivity index (χ4v) is 5.55. The minimum atomic E-state index is -0.177. The van der Waals surface area contributed by atoms with Gasteiger partial charge < -0.3 is 14.6 Å². The van der Waals surface area contributed by atoms with Gasteiger partial charge in [-0.2, -0.15) is 4.98 Å². The molecule has 8 heteroatoms. The lowest BCUT2D eigenvalue weighted by atomic mass is 9.98. The number of hydrogen-bond acceptors (Lipinski definition) is 6. The molecular formula is C23H25ClN6O. The molecule has 5 heterocycles. The molecule has 2 saturated heterocycles. The number of nitrogens with zero attached hydrogens (tertiary/aromatic N) is 4. The van der Waals surface area contributed by atoms with Gasteiger partial charge in [-0.25, -0.2) is 0 Å². The maximum absolute atomic E-state index is 6.50. The van der Waals surface area contributed by atoms with Crippen LogP contribution in [0.3, 0.4) is 0 Å². The van der Waals surface area contributed by atoms with Crippen molar-refractivity contribution in [2.75, 3.05) is 7.05 Å². The van der Waals surface area contributed by atoms with E-state index >= 15 is 0 Å². The largest absolute Gasteiger partial charge is 0.432 e. The van der Waals surface area contributed by atoms with Crippen molar-refractivity contribution in [3.63, 3.8) is 0 Å². The first-order valence-electron chi connectivity index (χ1n) is 10.9.